The summed E-state index contributed by atoms with van der Waals surface area (Å²) in [4.78, 5) is 15.7. The van der Waals surface area contributed by atoms with Crippen LogP contribution < -0.4 is 16.2 Å². The van der Waals surface area contributed by atoms with Crippen LogP contribution in [0.1, 0.15) is 32.6 Å². The Balaban J connectivity index is 2.11. The third-order valence-corrected chi connectivity index (χ3v) is 3.96. The zero-order chi connectivity index (χ0) is 17.3. The minimum absolute atomic E-state index is 0.251. The summed E-state index contributed by atoms with van der Waals surface area (Å²) in [5.74, 6) is 0.0256. The lowest BCUT2D eigenvalue weighted by molar-refractivity contribution is 0.100. The molecule has 122 valence electrons. The molecule has 0 saturated carbocycles. The number of carbonyl (C=O) groups excluding carboxylic acids is 1. The van der Waals surface area contributed by atoms with E-state index in [0.717, 1.165) is 22.4 Å². The molecule has 0 fully saturated rings. The molecule has 5 heteroatoms. The molecule has 1 aliphatic heterocycles. The maximum absolute atomic E-state index is 12.1. The Kier molecular flexibility index (Phi) is 4.08. The number of ether oxygens (including phenoxy) is 1. The summed E-state index contributed by atoms with van der Waals surface area (Å²) in [5, 5.41) is 0. The molecular weight excluding hydrogens is 302 g/mol. The lowest BCUT2D eigenvalue weighted by atomic mass is 9.90. The first kappa shape index (κ1) is 15.8. The highest BCUT2D eigenvalue weighted by atomic mass is 16.5. The van der Waals surface area contributed by atoms with Gasteiger partial charge in [0, 0.05) is 11.1 Å². The number of rotatable bonds is 2. The lowest BCUT2D eigenvalue weighted by Gasteiger charge is -2.21. The molecule has 1 heterocycles. The normalized spacial score (nSPS) is 12.7. The van der Waals surface area contributed by atoms with E-state index < -0.39 is 5.91 Å². The molecular formula is C19H19N3O2. The predicted octanol–water partition coefficient (Wildman–Crippen LogP) is 2.54. The number of nitrogens with zero attached hydrogens (tertiary/aromatic N) is 1. The Morgan fingerprint density at radius 3 is 2.62 bits per heavy atom. The minimum atomic E-state index is -0.469. The molecule has 0 aliphatic carbocycles. The standard InChI is InChI=1S/C19H19N3O2/c1-11-3-4-12(2)15(9-11)14-7-8-24-17-6-5-13(10-16(14)17)18(23)22-19(20)21/h3-7,9-10H,8H2,1-2H3,(H4,20,21,22,23). The number of guanidine groups is 1. The van der Waals surface area contributed by atoms with E-state index in [1.54, 1.807) is 18.2 Å². The zero-order valence-corrected chi connectivity index (χ0v) is 13.7. The number of nitrogens with two attached hydrogens (primary N) is 2. The molecule has 2 aromatic rings. The second kappa shape index (κ2) is 6.20. The summed E-state index contributed by atoms with van der Waals surface area (Å²) in [5.41, 5.74) is 16.4. The Bertz CT molecular complexity index is 878. The Labute approximate surface area is 140 Å². The van der Waals surface area contributed by atoms with E-state index in [2.05, 4.69) is 37.0 Å². The molecule has 0 radical (unpaired) electrons. The van der Waals surface area contributed by atoms with Crippen molar-refractivity contribution in [3.63, 3.8) is 0 Å². The summed E-state index contributed by atoms with van der Waals surface area (Å²) in [6.45, 7) is 4.62. The Morgan fingerprint density at radius 2 is 1.88 bits per heavy atom. The van der Waals surface area contributed by atoms with Gasteiger partial charge in [-0.25, -0.2) is 0 Å². The van der Waals surface area contributed by atoms with Crippen molar-refractivity contribution in [3.05, 3.63) is 70.3 Å². The number of aliphatic imine (C=N–C) groups is 1. The molecule has 0 atom stereocenters. The number of hydrogen-bond acceptors (Lipinski definition) is 2. The van der Waals surface area contributed by atoms with E-state index in [1.807, 2.05) is 6.08 Å². The van der Waals surface area contributed by atoms with Gasteiger partial charge in [0.15, 0.2) is 5.96 Å². The van der Waals surface area contributed by atoms with Crippen molar-refractivity contribution in [2.45, 2.75) is 13.8 Å². The van der Waals surface area contributed by atoms with Gasteiger partial charge in [0.1, 0.15) is 12.4 Å². The lowest BCUT2D eigenvalue weighted by Crippen LogP contribution is -2.24. The highest BCUT2D eigenvalue weighted by Crippen LogP contribution is 2.36. The van der Waals surface area contributed by atoms with E-state index in [4.69, 9.17) is 16.2 Å². The summed E-state index contributed by atoms with van der Waals surface area (Å²) in [6.07, 6.45) is 2.03. The second-order valence-electron chi connectivity index (χ2n) is 5.80. The summed E-state index contributed by atoms with van der Waals surface area (Å²) in [6, 6.07) is 11.5. The van der Waals surface area contributed by atoms with Gasteiger partial charge in [0.05, 0.1) is 0 Å². The third-order valence-electron chi connectivity index (χ3n) is 3.96. The highest BCUT2D eigenvalue weighted by Gasteiger charge is 2.19. The van der Waals surface area contributed by atoms with Crippen LogP contribution in [0.25, 0.3) is 5.57 Å². The van der Waals surface area contributed by atoms with Crippen LogP contribution in [-0.4, -0.2) is 18.5 Å². The number of aryl methyl sites for hydroxylation is 2. The maximum Gasteiger partial charge on any atom is 0.280 e. The van der Waals surface area contributed by atoms with Gasteiger partial charge in [0.2, 0.25) is 0 Å². The second-order valence-corrected chi connectivity index (χ2v) is 5.80. The first-order valence-electron chi connectivity index (χ1n) is 7.64. The molecule has 0 saturated heterocycles. The molecule has 3 rings (SSSR count). The van der Waals surface area contributed by atoms with E-state index in [9.17, 15) is 4.79 Å². The van der Waals surface area contributed by atoms with Gasteiger partial charge in [-0.05, 0) is 54.8 Å². The van der Waals surface area contributed by atoms with Crippen molar-refractivity contribution >= 4 is 17.4 Å². The quantitative estimate of drug-likeness (QED) is 0.657. The molecule has 0 unspecified atom stereocenters. The van der Waals surface area contributed by atoms with E-state index >= 15 is 0 Å². The van der Waals surface area contributed by atoms with Gasteiger partial charge >= 0.3 is 0 Å². The minimum Gasteiger partial charge on any atom is -0.489 e. The fourth-order valence-electron chi connectivity index (χ4n) is 2.79. The van der Waals surface area contributed by atoms with Crippen LogP contribution in [0.15, 0.2) is 47.5 Å². The topological polar surface area (TPSA) is 90.7 Å². The predicted molar refractivity (Wildman–Crippen MR) is 95.1 cm³/mol. The first-order valence-corrected chi connectivity index (χ1v) is 7.64. The summed E-state index contributed by atoms with van der Waals surface area (Å²) >= 11 is 0. The molecule has 1 amide bonds. The van der Waals surface area contributed by atoms with E-state index in [1.165, 1.54) is 11.1 Å². The largest absolute Gasteiger partial charge is 0.489 e. The van der Waals surface area contributed by atoms with Crippen LogP contribution >= 0.6 is 0 Å². The fourth-order valence-corrected chi connectivity index (χ4v) is 2.79. The maximum atomic E-state index is 12.1. The zero-order valence-electron chi connectivity index (χ0n) is 13.7. The SMILES string of the molecule is Cc1ccc(C)c(C2=CCOc3ccc(C(=O)N=C(N)N)cc32)c1. The molecule has 2 aromatic carbocycles. The van der Waals surface area contributed by atoms with Gasteiger partial charge < -0.3 is 16.2 Å². The van der Waals surface area contributed by atoms with Gasteiger partial charge in [0.25, 0.3) is 5.91 Å². The number of carbonyl (C=O) groups is 1. The molecule has 0 spiro atoms. The van der Waals surface area contributed by atoms with Crippen LogP contribution in [0, 0.1) is 13.8 Å². The smallest absolute Gasteiger partial charge is 0.280 e. The van der Waals surface area contributed by atoms with E-state index in [-0.39, 0.29) is 5.96 Å². The Morgan fingerprint density at radius 1 is 1.08 bits per heavy atom. The molecule has 0 aromatic heterocycles. The van der Waals surface area contributed by atoms with Gasteiger partial charge in [-0.1, -0.05) is 23.8 Å². The highest BCUT2D eigenvalue weighted by molar-refractivity contribution is 6.03. The van der Waals surface area contributed by atoms with Gasteiger partial charge in [-0.15, -0.1) is 0 Å². The molecule has 5 nitrogen and oxygen atoms in total. The molecule has 1 aliphatic rings. The van der Waals surface area contributed by atoms with Crippen LogP contribution in [0.5, 0.6) is 5.75 Å². The monoisotopic (exact) mass is 321 g/mol. The summed E-state index contributed by atoms with van der Waals surface area (Å²) in [7, 11) is 0. The Hall–Kier alpha value is -3.08. The first-order chi connectivity index (χ1) is 11.5. The van der Waals surface area contributed by atoms with Crippen molar-refractivity contribution in [1.29, 1.82) is 0 Å². The van der Waals surface area contributed by atoms with Crippen molar-refractivity contribution in [3.8, 4) is 5.75 Å². The average Bonchev–Trinajstić information content (AvgIpc) is 2.55. The van der Waals surface area contributed by atoms with Crippen LogP contribution in [0.4, 0.5) is 0 Å². The van der Waals surface area contributed by atoms with Crippen LogP contribution in [-0.2, 0) is 0 Å². The van der Waals surface area contributed by atoms with E-state index in [0.29, 0.717) is 12.2 Å². The van der Waals surface area contributed by atoms with Gasteiger partial charge in [-0.3, -0.25) is 4.79 Å². The van der Waals surface area contributed by atoms with Crippen LogP contribution in [0.3, 0.4) is 0 Å². The fraction of sp³-hybridized carbons (Fsp3) is 0.158. The van der Waals surface area contributed by atoms with Crippen molar-refractivity contribution in [2.24, 2.45) is 16.5 Å². The molecule has 4 N–H and O–H groups in total. The van der Waals surface area contributed by atoms with Crippen molar-refractivity contribution in [2.75, 3.05) is 6.61 Å². The average molecular weight is 321 g/mol. The molecule has 0 bridgehead atoms. The third kappa shape index (κ3) is 3.01. The molecule has 24 heavy (non-hydrogen) atoms. The van der Waals surface area contributed by atoms with Gasteiger partial charge in [-0.2, -0.15) is 4.99 Å². The van der Waals surface area contributed by atoms with Crippen molar-refractivity contribution in [1.82, 2.24) is 0 Å². The number of amides is 1. The summed E-state index contributed by atoms with van der Waals surface area (Å²) < 4.78 is 5.69. The van der Waals surface area contributed by atoms with Crippen LogP contribution in [0.2, 0.25) is 0 Å². The number of fused-ring (bicyclic) bond motifs is 1. The number of benzene rings is 2. The van der Waals surface area contributed by atoms with Crippen molar-refractivity contribution < 1.29 is 9.53 Å². The number of hydrogen-bond donors (Lipinski definition) is 2.